The molecular formula is C15H18N2O4S. The van der Waals surface area contributed by atoms with Crippen LogP contribution in [-0.2, 0) is 19.4 Å². The first-order valence-corrected chi connectivity index (χ1v) is 9.19. The Hall–Kier alpha value is -1.89. The van der Waals surface area contributed by atoms with E-state index in [1.54, 1.807) is 23.1 Å². The van der Waals surface area contributed by atoms with E-state index in [0.717, 1.165) is 6.42 Å². The van der Waals surface area contributed by atoms with Crippen LogP contribution in [0.1, 0.15) is 19.3 Å². The Balaban J connectivity index is 1.78. The summed E-state index contributed by atoms with van der Waals surface area (Å²) in [6.45, 7) is 0.642. The topological polar surface area (TPSA) is 83.6 Å². The van der Waals surface area contributed by atoms with Crippen molar-refractivity contribution >= 4 is 33.0 Å². The van der Waals surface area contributed by atoms with Gasteiger partial charge in [0.2, 0.25) is 11.8 Å². The summed E-state index contributed by atoms with van der Waals surface area (Å²) in [4.78, 5) is 25.8. The number of amides is 2. The molecule has 1 N–H and O–H groups in total. The zero-order valence-corrected chi connectivity index (χ0v) is 12.9. The lowest BCUT2D eigenvalue weighted by molar-refractivity contribution is -0.119. The summed E-state index contributed by atoms with van der Waals surface area (Å²) in [6, 6.07) is 7.13. The first-order valence-electron chi connectivity index (χ1n) is 7.37. The summed E-state index contributed by atoms with van der Waals surface area (Å²) < 4.78 is 23.0. The van der Waals surface area contributed by atoms with Gasteiger partial charge in [-0.1, -0.05) is 12.1 Å². The highest BCUT2D eigenvalue weighted by Crippen LogP contribution is 2.30. The average molecular weight is 322 g/mol. The molecule has 0 aromatic heterocycles. The molecule has 3 rings (SSSR count). The maximum Gasteiger partial charge on any atom is 0.228 e. The summed E-state index contributed by atoms with van der Waals surface area (Å²) in [5.74, 6) is -0.779. The predicted octanol–water partition coefficient (Wildman–Crippen LogP) is 1.19. The average Bonchev–Trinajstić information content (AvgIpc) is 3.05. The normalized spacial score (nSPS) is 23.7. The van der Waals surface area contributed by atoms with Crippen molar-refractivity contribution in [3.63, 3.8) is 0 Å². The molecule has 2 amide bonds. The minimum atomic E-state index is -3.09. The van der Waals surface area contributed by atoms with Gasteiger partial charge in [-0.15, -0.1) is 0 Å². The molecule has 2 heterocycles. The van der Waals surface area contributed by atoms with Crippen molar-refractivity contribution < 1.29 is 18.0 Å². The highest BCUT2D eigenvalue weighted by atomic mass is 32.2. The molecule has 0 spiro atoms. The van der Waals surface area contributed by atoms with Gasteiger partial charge in [0, 0.05) is 13.0 Å². The van der Waals surface area contributed by atoms with Crippen LogP contribution < -0.4 is 10.2 Å². The van der Waals surface area contributed by atoms with Crippen LogP contribution >= 0.6 is 0 Å². The molecule has 22 heavy (non-hydrogen) atoms. The molecule has 1 atom stereocenters. The maximum absolute atomic E-state index is 12.3. The van der Waals surface area contributed by atoms with Crippen LogP contribution in [0.25, 0.3) is 0 Å². The Morgan fingerprint density at radius 3 is 2.68 bits per heavy atom. The van der Waals surface area contributed by atoms with Crippen LogP contribution in [0.3, 0.4) is 0 Å². The van der Waals surface area contributed by atoms with Gasteiger partial charge in [-0.05, 0) is 25.0 Å². The Kier molecular flexibility index (Phi) is 3.90. The van der Waals surface area contributed by atoms with Gasteiger partial charge in [-0.3, -0.25) is 9.59 Å². The second-order valence-electron chi connectivity index (χ2n) is 5.76. The number of hydrogen-bond donors (Lipinski definition) is 1. The third-order valence-electron chi connectivity index (χ3n) is 4.13. The molecule has 118 valence electrons. The lowest BCUT2D eigenvalue weighted by Crippen LogP contribution is -2.28. The fourth-order valence-corrected chi connectivity index (χ4v) is 4.70. The van der Waals surface area contributed by atoms with E-state index >= 15 is 0 Å². The van der Waals surface area contributed by atoms with Gasteiger partial charge in [-0.2, -0.15) is 0 Å². The largest absolute Gasteiger partial charge is 0.324 e. The highest BCUT2D eigenvalue weighted by molar-refractivity contribution is 7.91. The van der Waals surface area contributed by atoms with Crippen molar-refractivity contribution in [1.29, 1.82) is 0 Å². The molecular weight excluding hydrogens is 304 g/mol. The van der Waals surface area contributed by atoms with Crippen LogP contribution in [0.15, 0.2) is 24.3 Å². The summed E-state index contributed by atoms with van der Waals surface area (Å²) in [7, 11) is -3.09. The maximum atomic E-state index is 12.3. The Labute approximate surface area is 129 Å². The zero-order chi connectivity index (χ0) is 15.7. The van der Waals surface area contributed by atoms with Gasteiger partial charge < -0.3 is 10.2 Å². The van der Waals surface area contributed by atoms with Gasteiger partial charge in [0.05, 0.1) is 28.8 Å². The lowest BCUT2D eigenvalue weighted by Gasteiger charge is -2.20. The second-order valence-corrected chi connectivity index (χ2v) is 7.98. The summed E-state index contributed by atoms with van der Waals surface area (Å²) >= 11 is 0. The molecule has 2 saturated heterocycles. The van der Waals surface area contributed by atoms with Crippen molar-refractivity contribution in [3.8, 4) is 0 Å². The molecule has 2 fully saturated rings. The van der Waals surface area contributed by atoms with Crippen LogP contribution in [0.5, 0.6) is 0 Å². The van der Waals surface area contributed by atoms with E-state index in [0.29, 0.717) is 30.8 Å². The zero-order valence-electron chi connectivity index (χ0n) is 12.1. The van der Waals surface area contributed by atoms with Crippen LogP contribution in [-0.4, -0.2) is 38.3 Å². The van der Waals surface area contributed by atoms with Crippen molar-refractivity contribution in [2.75, 3.05) is 28.3 Å². The molecule has 1 aromatic rings. The number of benzene rings is 1. The predicted molar refractivity (Wildman–Crippen MR) is 83.4 cm³/mol. The number of nitrogens with zero attached hydrogens (tertiary/aromatic N) is 1. The van der Waals surface area contributed by atoms with Gasteiger partial charge in [0.25, 0.3) is 0 Å². The molecule has 0 radical (unpaired) electrons. The Morgan fingerprint density at radius 2 is 2.05 bits per heavy atom. The molecule has 0 saturated carbocycles. The molecule has 2 aliphatic rings. The molecule has 0 aliphatic carbocycles. The van der Waals surface area contributed by atoms with E-state index in [2.05, 4.69) is 5.32 Å². The Bertz CT molecular complexity index is 714. The number of hydrogen-bond acceptors (Lipinski definition) is 4. The van der Waals surface area contributed by atoms with Gasteiger partial charge in [0.1, 0.15) is 0 Å². The smallest absolute Gasteiger partial charge is 0.228 e. The number of para-hydroxylation sites is 2. The fourth-order valence-electron chi connectivity index (χ4n) is 2.95. The lowest BCUT2D eigenvalue weighted by atomic mass is 10.1. The van der Waals surface area contributed by atoms with Gasteiger partial charge >= 0.3 is 0 Å². The third-order valence-corrected chi connectivity index (χ3v) is 5.90. The number of sulfone groups is 1. The monoisotopic (exact) mass is 322 g/mol. The molecule has 2 aliphatic heterocycles. The number of rotatable bonds is 3. The van der Waals surface area contributed by atoms with E-state index in [-0.39, 0.29) is 23.3 Å². The molecule has 1 unspecified atom stereocenters. The van der Waals surface area contributed by atoms with Crippen LogP contribution in [0.4, 0.5) is 11.4 Å². The van der Waals surface area contributed by atoms with Crippen LogP contribution in [0.2, 0.25) is 0 Å². The molecule has 6 nitrogen and oxygen atoms in total. The summed E-state index contributed by atoms with van der Waals surface area (Å²) in [5, 5.41) is 2.79. The minimum Gasteiger partial charge on any atom is -0.324 e. The second kappa shape index (κ2) is 5.72. The van der Waals surface area contributed by atoms with E-state index < -0.39 is 15.8 Å². The summed E-state index contributed by atoms with van der Waals surface area (Å²) in [6.07, 6.45) is 1.68. The number of carbonyl (C=O) groups excluding carboxylic acids is 2. The summed E-state index contributed by atoms with van der Waals surface area (Å²) in [5.41, 5.74) is 1.24. The van der Waals surface area contributed by atoms with Crippen molar-refractivity contribution in [3.05, 3.63) is 24.3 Å². The third kappa shape index (κ3) is 2.99. The Morgan fingerprint density at radius 1 is 1.27 bits per heavy atom. The number of nitrogens with one attached hydrogen (secondary N) is 1. The molecule has 1 aromatic carbocycles. The highest BCUT2D eigenvalue weighted by Gasteiger charge is 2.33. The quantitative estimate of drug-likeness (QED) is 0.906. The van der Waals surface area contributed by atoms with E-state index in [1.807, 2.05) is 6.07 Å². The van der Waals surface area contributed by atoms with E-state index in [9.17, 15) is 18.0 Å². The van der Waals surface area contributed by atoms with Gasteiger partial charge in [0.15, 0.2) is 9.84 Å². The standard InChI is InChI=1S/C15H18N2O4S/c18-14-6-3-8-17(14)13-5-2-1-4-12(13)16-15(19)11-7-9-22(20,21)10-11/h1-2,4-5,11H,3,6-10H2,(H,16,19). The van der Waals surface area contributed by atoms with Crippen LogP contribution in [0, 0.1) is 5.92 Å². The first kappa shape index (κ1) is 15.0. The van der Waals surface area contributed by atoms with Crippen molar-refractivity contribution in [1.82, 2.24) is 0 Å². The van der Waals surface area contributed by atoms with E-state index in [4.69, 9.17) is 0 Å². The SMILES string of the molecule is O=C(Nc1ccccc1N1CCCC1=O)C1CCS(=O)(=O)C1. The van der Waals surface area contributed by atoms with Crippen molar-refractivity contribution in [2.24, 2.45) is 5.92 Å². The number of carbonyl (C=O) groups is 2. The molecule has 0 bridgehead atoms. The van der Waals surface area contributed by atoms with Gasteiger partial charge in [-0.25, -0.2) is 8.42 Å². The van der Waals surface area contributed by atoms with E-state index in [1.165, 1.54) is 0 Å². The minimum absolute atomic E-state index is 0.0464. The fraction of sp³-hybridized carbons (Fsp3) is 0.467. The van der Waals surface area contributed by atoms with Crippen molar-refractivity contribution in [2.45, 2.75) is 19.3 Å². The number of anilines is 2. The molecule has 7 heteroatoms. The first-order chi connectivity index (χ1) is 10.5.